The lowest BCUT2D eigenvalue weighted by Crippen LogP contribution is -2.15. The lowest BCUT2D eigenvalue weighted by atomic mass is 10.0. The molecule has 2 heterocycles. The minimum absolute atomic E-state index is 0.403. The number of aromatic nitrogens is 2. The van der Waals surface area contributed by atoms with Crippen molar-refractivity contribution < 1.29 is 14.6 Å². The normalized spacial score (nSPS) is 17.1. The van der Waals surface area contributed by atoms with Crippen LogP contribution in [0.25, 0.3) is 0 Å². The summed E-state index contributed by atoms with van der Waals surface area (Å²) in [5.74, 6) is -1.19. The Hall–Kier alpha value is -1.36. The maximum absolute atomic E-state index is 10.7. The molecule has 0 saturated heterocycles. The van der Waals surface area contributed by atoms with Gasteiger partial charge in [0.05, 0.1) is 24.8 Å². The van der Waals surface area contributed by atoms with Gasteiger partial charge in [0.1, 0.15) is 0 Å². The lowest BCUT2D eigenvalue weighted by Gasteiger charge is -2.13. The zero-order valence-electron chi connectivity index (χ0n) is 8.62. The van der Waals surface area contributed by atoms with Crippen molar-refractivity contribution >= 4 is 5.97 Å². The van der Waals surface area contributed by atoms with E-state index in [1.165, 1.54) is 0 Å². The van der Waals surface area contributed by atoms with Gasteiger partial charge in [-0.1, -0.05) is 6.92 Å². The van der Waals surface area contributed by atoms with Crippen LogP contribution < -0.4 is 0 Å². The van der Waals surface area contributed by atoms with Crippen molar-refractivity contribution in [3.05, 3.63) is 17.0 Å². The van der Waals surface area contributed by atoms with E-state index >= 15 is 0 Å². The minimum atomic E-state index is -0.788. The summed E-state index contributed by atoms with van der Waals surface area (Å²) in [6.07, 6.45) is 1.30. The molecule has 82 valence electrons. The fourth-order valence-corrected chi connectivity index (χ4v) is 1.72. The molecular weight excluding hydrogens is 196 g/mol. The highest BCUT2D eigenvalue weighted by Gasteiger charge is 2.20. The maximum Gasteiger partial charge on any atom is 0.306 e. The van der Waals surface area contributed by atoms with Gasteiger partial charge in [-0.2, -0.15) is 5.10 Å². The average Bonchev–Trinajstić information content (AvgIpc) is 2.62. The van der Waals surface area contributed by atoms with Gasteiger partial charge in [-0.25, -0.2) is 0 Å². The number of aliphatic carboxylic acids is 1. The molecule has 0 aromatic carbocycles. The van der Waals surface area contributed by atoms with Gasteiger partial charge in [0.25, 0.3) is 0 Å². The van der Waals surface area contributed by atoms with E-state index in [0.29, 0.717) is 19.6 Å². The van der Waals surface area contributed by atoms with E-state index in [1.807, 2.05) is 0 Å². The number of carboxylic acid groups (broad SMARTS) is 1. The third kappa shape index (κ3) is 2.02. The summed E-state index contributed by atoms with van der Waals surface area (Å²) >= 11 is 0. The van der Waals surface area contributed by atoms with Gasteiger partial charge in [0.15, 0.2) is 0 Å². The second kappa shape index (κ2) is 4.02. The number of rotatable bonds is 3. The van der Waals surface area contributed by atoms with Gasteiger partial charge < -0.3 is 9.84 Å². The number of ether oxygens (including phenoxy) is 1. The molecular formula is C10H14N2O3. The SMILES string of the molecule is CC(Cc1n[nH]c2c1COCC2)C(=O)O. The van der Waals surface area contributed by atoms with E-state index in [9.17, 15) is 4.79 Å². The summed E-state index contributed by atoms with van der Waals surface area (Å²) in [5, 5.41) is 15.9. The largest absolute Gasteiger partial charge is 0.481 e. The Morgan fingerprint density at radius 2 is 2.53 bits per heavy atom. The number of carboxylic acids is 1. The second-order valence-electron chi connectivity index (χ2n) is 3.87. The first-order valence-corrected chi connectivity index (χ1v) is 5.04. The van der Waals surface area contributed by atoms with Crippen LogP contribution in [0, 0.1) is 5.92 Å². The fourth-order valence-electron chi connectivity index (χ4n) is 1.72. The number of hydrogen-bond acceptors (Lipinski definition) is 3. The molecule has 1 aliphatic heterocycles. The zero-order chi connectivity index (χ0) is 10.8. The first kappa shape index (κ1) is 10.2. The first-order valence-electron chi connectivity index (χ1n) is 5.04. The van der Waals surface area contributed by atoms with Gasteiger partial charge in [0, 0.05) is 24.1 Å². The zero-order valence-corrected chi connectivity index (χ0v) is 8.62. The molecule has 2 N–H and O–H groups in total. The Morgan fingerprint density at radius 3 is 3.27 bits per heavy atom. The van der Waals surface area contributed by atoms with E-state index in [4.69, 9.17) is 9.84 Å². The molecule has 5 heteroatoms. The molecule has 2 rings (SSSR count). The number of aromatic amines is 1. The van der Waals surface area contributed by atoms with E-state index in [0.717, 1.165) is 23.4 Å². The highest BCUT2D eigenvalue weighted by Crippen LogP contribution is 2.20. The standard InChI is InChI=1S/C10H14N2O3/c1-6(10(13)14)4-9-7-5-15-3-2-8(7)11-12-9/h6H,2-5H2,1H3,(H,11,12)(H,13,14). The van der Waals surface area contributed by atoms with Crippen molar-refractivity contribution in [1.29, 1.82) is 0 Å². The van der Waals surface area contributed by atoms with Gasteiger partial charge >= 0.3 is 5.97 Å². The molecule has 0 radical (unpaired) electrons. The third-order valence-electron chi connectivity index (χ3n) is 2.70. The number of H-pyrrole nitrogens is 1. The number of fused-ring (bicyclic) bond motifs is 1. The van der Waals surface area contributed by atoms with Gasteiger partial charge in [0.2, 0.25) is 0 Å². The summed E-state index contributed by atoms with van der Waals surface area (Å²) in [6, 6.07) is 0. The van der Waals surface area contributed by atoms with Crippen LogP contribution in [0.3, 0.4) is 0 Å². The van der Waals surface area contributed by atoms with Crippen LogP contribution in [-0.4, -0.2) is 27.9 Å². The Bertz CT molecular complexity index is 373. The number of nitrogens with zero attached hydrogens (tertiary/aromatic N) is 1. The van der Waals surface area contributed by atoms with Crippen LogP contribution in [0.4, 0.5) is 0 Å². The fraction of sp³-hybridized carbons (Fsp3) is 0.600. The molecule has 0 fully saturated rings. The summed E-state index contributed by atoms with van der Waals surface area (Å²) < 4.78 is 5.33. The van der Waals surface area contributed by atoms with Gasteiger partial charge in [-0.05, 0) is 0 Å². The third-order valence-corrected chi connectivity index (χ3v) is 2.70. The first-order chi connectivity index (χ1) is 7.18. The number of nitrogens with one attached hydrogen (secondary N) is 1. The van der Waals surface area contributed by atoms with Crippen LogP contribution in [0.15, 0.2) is 0 Å². The van der Waals surface area contributed by atoms with Crippen molar-refractivity contribution in [3.8, 4) is 0 Å². The predicted octanol–water partition coefficient (Wildman–Crippen LogP) is 0.746. The van der Waals surface area contributed by atoms with Crippen molar-refractivity contribution in [2.75, 3.05) is 6.61 Å². The van der Waals surface area contributed by atoms with Crippen molar-refractivity contribution in [2.24, 2.45) is 5.92 Å². The van der Waals surface area contributed by atoms with Crippen molar-refractivity contribution in [1.82, 2.24) is 10.2 Å². The molecule has 0 amide bonds. The molecule has 0 bridgehead atoms. The summed E-state index contributed by atoms with van der Waals surface area (Å²) in [4.78, 5) is 10.7. The smallest absolute Gasteiger partial charge is 0.306 e. The minimum Gasteiger partial charge on any atom is -0.481 e. The molecule has 1 aromatic rings. The van der Waals surface area contributed by atoms with E-state index in [-0.39, 0.29) is 0 Å². The molecule has 1 aliphatic rings. The van der Waals surface area contributed by atoms with Crippen LogP contribution in [0.2, 0.25) is 0 Å². The molecule has 0 saturated carbocycles. The molecule has 1 atom stereocenters. The maximum atomic E-state index is 10.7. The quantitative estimate of drug-likeness (QED) is 0.771. The van der Waals surface area contributed by atoms with Gasteiger partial charge in [-0.15, -0.1) is 0 Å². The predicted molar refractivity (Wildman–Crippen MR) is 52.5 cm³/mol. The topological polar surface area (TPSA) is 75.2 Å². The Labute approximate surface area is 87.4 Å². The van der Waals surface area contributed by atoms with Crippen molar-refractivity contribution in [2.45, 2.75) is 26.4 Å². The Balaban J connectivity index is 2.15. The van der Waals surface area contributed by atoms with Crippen LogP contribution in [0.1, 0.15) is 23.9 Å². The monoisotopic (exact) mass is 210 g/mol. The van der Waals surface area contributed by atoms with E-state index in [1.54, 1.807) is 6.92 Å². The molecule has 0 aliphatic carbocycles. The van der Waals surface area contributed by atoms with E-state index in [2.05, 4.69) is 10.2 Å². The molecule has 1 unspecified atom stereocenters. The molecule has 5 nitrogen and oxygen atoms in total. The highest BCUT2D eigenvalue weighted by molar-refractivity contribution is 5.69. The number of carbonyl (C=O) groups is 1. The van der Waals surface area contributed by atoms with Crippen LogP contribution in [0.5, 0.6) is 0 Å². The van der Waals surface area contributed by atoms with Crippen molar-refractivity contribution in [3.63, 3.8) is 0 Å². The average molecular weight is 210 g/mol. The Morgan fingerprint density at radius 1 is 1.73 bits per heavy atom. The lowest BCUT2D eigenvalue weighted by molar-refractivity contribution is -0.141. The van der Waals surface area contributed by atoms with Crippen LogP contribution >= 0.6 is 0 Å². The van der Waals surface area contributed by atoms with E-state index < -0.39 is 11.9 Å². The number of hydrogen-bond donors (Lipinski definition) is 2. The molecule has 1 aromatic heterocycles. The Kier molecular flexibility index (Phi) is 2.73. The molecule has 15 heavy (non-hydrogen) atoms. The van der Waals surface area contributed by atoms with Gasteiger partial charge in [-0.3, -0.25) is 9.89 Å². The molecule has 0 spiro atoms. The second-order valence-corrected chi connectivity index (χ2v) is 3.87. The summed E-state index contributed by atoms with van der Waals surface area (Å²) in [6.45, 7) is 2.95. The summed E-state index contributed by atoms with van der Waals surface area (Å²) in [5.41, 5.74) is 2.97. The summed E-state index contributed by atoms with van der Waals surface area (Å²) in [7, 11) is 0. The highest BCUT2D eigenvalue weighted by atomic mass is 16.5. The van der Waals surface area contributed by atoms with Crippen LogP contribution in [-0.2, 0) is 29.0 Å².